The number of amides is 1. The molecular formula is C12H15N5O2S. The molecule has 2 aromatic rings. The average Bonchev–Trinajstić information content (AvgIpc) is 3.10. The van der Waals surface area contributed by atoms with Crippen LogP contribution in [0.5, 0.6) is 0 Å². The van der Waals surface area contributed by atoms with E-state index in [1.165, 1.54) is 0 Å². The predicted molar refractivity (Wildman–Crippen MR) is 73.3 cm³/mol. The third kappa shape index (κ3) is 2.64. The number of H-pyrrole nitrogens is 2. The van der Waals surface area contributed by atoms with E-state index >= 15 is 0 Å². The van der Waals surface area contributed by atoms with Crippen molar-refractivity contribution in [3.8, 4) is 0 Å². The van der Waals surface area contributed by atoms with Crippen LogP contribution in [0.1, 0.15) is 36.1 Å². The second-order valence-corrected chi connectivity index (χ2v) is 5.70. The number of likely N-dealkylation sites (tertiary alicyclic amines) is 1. The quantitative estimate of drug-likeness (QED) is 0.877. The fourth-order valence-corrected chi connectivity index (χ4v) is 3.30. The number of thiazole rings is 1. The molecule has 3 heterocycles. The fourth-order valence-electron chi connectivity index (χ4n) is 2.52. The molecule has 1 saturated heterocycles. The zero-order valence-electron chi connectivity index (χ0n) is 10.8. The first kappa shape index (κ1) is 13.0. The molecule has 0 bridgehead atoms. The van der Waals surface area contributed by atoms with E-state index in [-0.39, 0.29) is 24.1 Å². The number of aromatic nitrogens is 4. The molecule has 7 nitrogen and oxygen atoms in total. The van der Waals surface area contributed by atoms with Gasteiger partial charge < -0.3 is 4.90 Å². The molecule has 0 radical (unpaired) electrons. The minimum absolute atomic E-state index is 0.0207. The Bertz CT molecular complexity index is 632. The minimum Gasteiger partial charge on any atom is -0.333 e. The smallest absolute Gasteiger partial charge is 0.333 e. The number of piperidine rings is 1. The van der Waals surface area contributed by atoms with Gasteiger partial charge in [-0.25, -0.2) is 14.9 Å². The first-order valence-electron chi connectivity index (χ1n) is 6.56. The Morgan fingerprint density at radius 2 is 2.40 bits per heavy atom. The zero-order chi connectivity index (χ0) is 13.9. The summed E-state index contributed by atoms with van der Waals surface area (Å²) in [5.41, 5.74) is -0.386. The van der Waals surface area contributed by atoms with Crippen molar-refractivity contribution in [3.05, 3.63) is 32.9 Å². The Kier molecular flexibility index (Phi) is 3.64. The Balaban J connectivity index is 1.76. The Morgan fingerprint density at radius 3 is 3.10 bits per heavy atom. The molecule has 3 rings (SSSR count). The van der Waals surface area contributed by atoms with E-state index in [0.29, 0.717) is 5.82 Å². The van der Waals surface area contributed by atoms with Crippen LogP contribution in [-0.2, 0) is 11.2 Å². The Morgan fingerprint density at radius 1 is 1.50 bits per heavy atom. The van der Waals surface area contributed by atoms with Gasteiger partial charge in [-0.3, -0.25) is 9.78 Å². The number of rotatable bonds is 3. The molecule has 1 fully saturated rings. The van der Waals surface area contributed by atoms with E-state index in [4.69, 9.17) is 0 Å². The maximum Gasteiger partial charge on any atom is 0.340 e. The van der Waals surface area contributed by atoms with Crippen LogP contribution in [0.4, 0.5) is 0 Å². The van der Waals surface area contributed by atoms with Gasteiger partial charge in [0.1, 0.15) is 10.8 Å². The van der Waals surface area contributed by atoms with E-state index in [0.717, 1.165) is 30.8 Å². The molecular weight excluding hydrogens is 278 g/mol. The lowest BCUT2D eigenvalue weighted by atomic mass is 10.0. The number of aromatic amines is 2. The summed E-state index contributed by atoms with van der Waals surface area (Å²) in [6.07, 6.45) is 4.93. The summed E-state index contributed by atoms with van der Waals surface area (Å²) < 4.78 is 0. The summed E-state index contributed by atoms with van der Waals surface area (Å²) in [7, 11) is 0. The van der Waals surface area contributed by atoms with Gasteiger partial charge >= 0.3 is 5.69 Å². The van der Waals surface area contributed by atoms with Crippen molar-refractivity contribution in [1.29, 1.82) is 0 Å². The average molecular weight is 293 g/mol. The lowest BCUT2D eigenvalue weighted by Gasteiger charge is -2.34. The van der Waals surface area contributed by atoms with Gasteiger partial charge in [0.15, 0.2) is 0 Å². The number of carbonyl (C=O) groups is 1. The highest BCUT2D eigenvalue weighted by atomic mass is 32.1. The Hall–Kier alpha value is -1.96. The third-order valence-electron chi connectivity index (χ3n) is 3.43. The van der Waals surface area contributed by atoms with Gasteiger partial charge in [0, 0.05) is 18.1 Å². The summed E-state index contributed by atoms with van der Waals surface area (Å²) in [5.74, 6) is 0.358. The number of carbonyl (C=O) groups excluding carboxylic acids is 1. The molecule has 2 N–H and O–H groups in total. The summed E-state index contributed by atoms with van der Waals surface area (Å²) in [5, 5.41) is 8.97. The van der Waals surface area contributed by atoms with Gasteiger partial charge in [-0.1, -0.05) is 0 Å². The van der Waals surface area contributed by atoms with E-state index < -0.39 is 0 Å². The summed E-state index contributed by atoms with van der Waals surface area (Å²) in [4.78, 5) is 32.1. The van der Waals surface area contributed by atoms with Gasteiger partial charge in [-0.05, 0) is 19.3 Å². The highest BCUT2D eigenvalue weighted by molar-refractivity contribution is 7.09. The first-order chi connectivity index (χ1) is 9.74. The van der Waals surface area contributed by atoms with Crippen LogP contribution < -0.4 is 5.69 Å². The van der Waals surface area contributed by atoms with Crippen LogP contribution in [0, 0.1) is 0 Å². The van der Waals surface area contributed by atoms with Crippen LogP contribution in [0.25, 0.3) is 0 Å². The number of nitrogens with zero attached hydrogens (tertiary/aromatic N) is 3. The van der Waals surface area contributed by atoms with Crippen LogP contribution in [0.2, 0.25) is 0 Å². The summed E-state index contributed by atoms with van der Waals surface area (Å²) in [6, 6.07) is 0.0573. The van der Waals surface area contributed by atoms with Crippen LogP contribution in [-0.4, -0.2) is 37.5 Å². The minimum atomic E-state index is -0.386. The predicted octanol–water partition coefficient (Wildman–Crippen LogP) is 0.851. The van der Waals surface area contributed by atoms with E-state index in [2.05, 4.69) is 20.2 Å². The van der Waals surface area contributed by atoms with Crippen LogP contribution in [0.15, 0.2) is 16.4 Å². The zero-order valence-corrected chi connectivity index (χ0v) is 11.7. The second kappa shape index (κ2) is 5.58. The monoisotopic (exact) mass is 293 g/mol. The molecule has 1 aliphatic rings. The largest absolute Gasteiger partial charge is 0.340 e. The number of hydrogen-bond donors (Lipinski definition) is 2. The SMILES string of the molecule is O=C(Cc1n[nH]c(=O)[nH]1)N1CCCC[C@H]1c1nccs1. The molecule has 106 valence electrons. The van der Waals surface area contributed by atoms with Crippen molar-refractivity contribution in [2.45, 2.75) is 31.7 Å². The maximum atomic E-state index is 12.4. The summed E-state index contributed by atoms with van der Waals surface area (Å²) in [6.45, 7) is 0.734. The molecule has 20 heavy (non-hydrogen) atoms. The van der Waals surface area contributed by atoms with Gasteiger partial charge in [0.2, 0.25) is 5.91 Å². The standard InChI is InChI=1S/C12H15N5O2S/c18-10(7-9-14-12(19)16-15-9)17-5-2-1-3-8(17)11-13-4-6-20-11/h4,6,8H,1-3,5,7H2,(H2,14,15,16,19)/t8-/m0/s1. The first-order valence-corrected chi connectivity index (χ1v) is 7.44. The Labute approximate surface area is 119 Å². The van der Waals surface area contributed by atoms with Gasteiger partial charge in [0.25, 0.3) is 0 Å². The van der Waals surface area contributed by atoms with Crippen molar-refractivity contribution < 1.29 is 4.79 Å². The normalized spacial score (nSPS) is 19.2. The van der Waals surface area contributed by atoms with Crippen LogP contribution >= 0.6 is 11.3 Å². The molecule has 8 heteroatoms. The molecule has 1 amide bonds. The van der Waals surface area contributed by atoms with E-state index in [1.54, 1.807) is 17.5 Å². The van der Waals surface area contributed by atoms with Crippen molar-refractivity contribution in [2.24, 2.45) is 0 Å². The lowest BCUT2D eigenvalue weighted by Crippen LogP contribution is -2.39. The van der Waals surface area contributed by atoms with Crippen molar-refractivity contribution in [3.63, 3.8) is 0 Å². The van der Waals surface area contributed by atoms with Crippen molar-refractivity contribution >= 4 is 17.2 Å². The molecule has 0 aromatic carbocycles. The highest BCUT2D eigenvalue weighted by Crippen LogP contribution is 2.32. The molecule has 0 spiro atoms. The fraction of sp³-hybridized carbons (Fsp3) is 0.500. The third-order valence-corrected chi connectivity index (χ3v) is 4.31. The number of hydrogen-bond acceptors (Lipinski definition) is 5. The number of nitrogens with one attached hydrogen (secondary N) is 2. The topological polar surface area (TPSA) is 94.7 Å². The van der Waals surface area contributed by atoms with Crippen LogP contribution in [0.3, 0.4) is 0 Å². The van der Waals surface area contributed by atoms with Gasteiger partial charge in [-0.15, -0.1) is 11.3 Å². The van der Waals surface area contributed by atoms with E-state index in [1.807, 2.05) is 10.3 Å². The molecule has 0 aliphatic carbocycles. The molecule has 1 aliphatic heterocycles. The molecule has 0 unspecified atom stereocenters. The lowest BCUT2D eigenvalue weighted by molar-refractivity contribution is -0.134. The van der Waals surface area contributed by atoms with E-state index in [9.17, 15) is 9.59 Å². The van der Waals surface area contributed by atoms with Gasteiger partial charge in [0.05, 0.1) is 12.5 Å². The highest BCUT2D eigenvalue weighted by Gasteiger charge is 2.29. The second-order valence-electron chi connectivity index (χ2n) is 4.77. The van der Waals surface area contributed by atoms with Gasteiger partial charge in [-0.2, -0.15) is 5.10 Å². The molecule has 0 saturated carbocycles. The van der Waals surface area contributed by atoms with Crippen molar-refractivity contribution in [1.82, 2.24) is 25.1 Å². The van der Waals surface area contributed by atoms with Crippen molar-refractivity contribution in [2.75, 3.05) is 6.54 Å². The maximum absolute atomic E-state index is 12.4. The summed E-state index contributed by atoms with van der Waals surface area (Å²) >= 11 is 1.58. The molecule has 2 aromatic heterocycles. The molecule has 1 atom stereocenters.